The first kappa shape index (κ1) is 18.4. The van der Waals surface area contributed by atoms with Crippen molar-refractivity contribution in [1.82, 2.24) is 23.8 Å². The zero-order chi connectivity index (χ0) is 19.0. The second-order valence-electron chi connectivity index (χ2n) is 7.70. The molecule has 4 rings (SSSR count). The maximum Gasteiger partial charge on any atom is 0.272 e. The van der Waals surface area contributed by atoms with Crippen molar-refractivity contribution in [2.24, 2.45) is 13.0 Å². The summed E-state index contributed by atoms with van der Waals surface area (Å²) in [4.78, 5) is 26.6. The quantitative estimate of drug-likeness (QED) is 0.806. The largest absolute Gasteiger partial charge is 0.346 e. The number of piperidine rings is 2. The van der Waals surface area contributed by atoms with Crippen LogP contribution in [0.2, 0.25) is 0 Å². The molecule has 0 spiro atoms. The normalized spacial score (nSPS) is 22.8. The van der Waals surface area contributed by atoms with E-state index in [4.69, 9.17) is 4.98 Å². The van der Waals surface area contributed by atoms with Crippen molar-refractivity contribution in [2.45, 2.75) is 52.0 Å². The minimum atomic E-state index is 0.127. The molecule has 0 N–H and O–H groups in total. The number of anilines is 1. The van der Waals surface area contributed by atoms with Crippen LogP contribution in [0.3, 0.4) is 0 Å². The zero-order valence-electron chi connectivity index (χ0n) is 16.4. The molecule has 0 bridgehead atoms. The fraction of sp³-hybridized carbons (Fsp3) is 0.684. The first-order valence-corrected chi connectivity index (χ1v) is 10.7. The van der Waals surface area contributed by atoms with Gasteiger partial charge in [-0.3, -0.25) is 4.79 Å². The highest BCUT2D eigenvalue weighted by molar-refractivity contribution is 7.09. The highest BCUT2D eigenvalue weighted by atomic mass is 32.1. The Morgan fingerprint density at radius 2 is 2.19 bits per heavy atom. The number of carbonyl (C=O) groups excluding carboxylic acids is 1. The highest BCUT2D eigenvalue weighted by Crippen LogP contribution is 2.34. The van der Waals surface area contributed by atoms with E-state index in [1.54, 1.807) is 6.20 Å². The molecule has 7 nitrogen and oxygen atoms in total. The standard InChI is InChI=1S/C19H28N6OS/c1-4-6-17-21-19(27-22-17)24-10-8-15-14(12-24)7-5-9-25(15)18(26)16-11-20-13(2)23(16)3/h11,14-15H,4-10,12H2,1-3H3. The van der Waals surface area contributed by atoms with Crippen LogP contribution in [0.1, 0.15) is 54.7 Å². The Morgan fingerprint density at radius 1 is 1.33 bits per heavy atom. The fourth-order valence-corrected chi connectivity index (χ4v) is 5.12. The topological polar surface area (TPSA) is 67.2 Å². The lowest BCUT2D eigenvalue weighted by atomic mass is 9.84. The maximum absolute atomic E-state index is 13.1. The molecule has 2 aromatic rings. The van der Waals surface area contributed by atoms with Gasteiger partial charge in [0.25, 0.3) is 5.91 Å². The Labute approximate surface area is 164 Å². The van der Waals surface area contributed by atoms with E-state index >= 15 is 0 Å². The van der Waals surface area contributed by atoms with E-state index in [0.717, 1.165) is 62.1 Å². The Balaban J connectivity index is 1.47. The van der Waals surface area contributed by atoms with Crippen molar-refractivity contribution in [3.8, 4) is 0 Å². The van der Waals surface area contributed by atoms with Crippen LogP contribution in [-0.2, 0) is 13.5 Å². The van der Waals surface area contributed by atoms with Gasteiger partial charge in [-0.15, -0.1) is 0 Å². The summed E-state index contributed by atoms with van der Waals surface area (Å²) in [7, 11) is 1.92. The Hall–Kier alpha value is -1.96. The van der Waals surface area contributed by atoms with E-state index in [0.29, 0.717) is 17.7 Å². The van der Waals surface area contributed by atoms with Crippen molar-refractivity contribution in [3.05, 3.63) is 23.5 Å². The summed E-state index contributed by atoms with van der Waals surface area (Å²) in [6, 6.07) is 0.320. The lowest BCUT2D eigenvalue weighted by Crippen LogP contribution is -2.56. The van der Waals surface area contributed by atoms with Gasteiger partial charge in [-0.25, -0.2) is 9.97 Å². The van der Waals surface area contributed by atoms with Crippen molar-refractivity contribution < 1.29 is 4.79 Å². The molecule has 8 heteroatoms. The number of hydrogen-bond acceptors (Lipinski definition) is 6. The maximum atomic E-state index is 13.1. The van der Waals surface area contributed by atoms with Crippen LogP contribution in [0.5, 0.6) is 0 Å². The van der Waals surface area contributed by atoms with E-state index in [1.807, 2.05) is 18.5 Å². The van der Waals surface area contributed by atoms with Crippen LogP contribution >= 0.6 is 11.5 Å². The van der Waals surface area contributed by atoms with Crippen LogP contribution in [-0.4, -0.2) is 55.4 Å². The molecule has 0 aliphatic carbocycles. The van der Waals surface area contributed by atoms with Gasteiger partial charge in [-0.05, 0) is 38.5 Å². The van der Waals surface area contributed by atoms with Gasteiger partial charge in [-0.1, -0.05) is 6.92 Å². The summed E-state index contributed by atoms with van der Waals surface area (Å²) in [5, 5.41) is 1.04. The summed E-state index contributed by atoms with van der Waals surface area (Å²) >= 11 is 1.52. The number of aromatic nitrogens is 4. The number of carbonyl (C=O) groups is 1. The number of fused-ring (bicyclic) bond motifs is 1. The summed E-state index contributed by atoms with van der Waals surface area (Å²) in [5.41, 5.74) is 0.698. The van der Waals surface area contributed by atoms with E-state index in [2.05, 4.69) is 26.1 Å². The third kappa shape index (κ3) is 3.47. The molecule has 2 atom stereocenters. The van der Waals surface area contributed by atoms with Crippen molar-refractivity contribution >= 4 is 22.6 Å². The van der Waals surface area contributed by atoms with Crippen molar-refractivity contribution in [1.29, 1.82) is 0 Å². The average molecular weight is 389 g/mol. The molecule has 1 amide bonds. The van der Waals surface area contributed by atoms with Gasteiger partial charge < -0.3 is 14.4 Å². The molecule has 27 heavy (non-hydrogen) atoms. The molecular formula is C19H28N6OS. The van der Waals surface area contributed by atoms with Crippen molar-refractivity contribution in [3.63, 3.8) is 0 Å². The molecule has 0 aromatic carbocycles. The summed E-state index contributed by atoms with van der Waals surface area (Å²) in [6.45, 7) is 6.85. The lowest BCUT2D eigenvalue weighted by molar-refractivity contribution is 0.0439. The van der Waals surface area contributed by atoms with Gasteiger partial charge in [-0.2, -0.15) is 4.37 Å². The van der Waals surface area contributed by atoms with Crippen LogP contribution < -0.4 is 4.90 Å². The first-order chi connectivity index (χ1) is 13.1. The van der Waals surface area contributed by atoms with E-state index in [-0.39, 0.29) is 5.91 Å². The van der Waals surface area contributed by atoms with Gasteiger partial charge in [0, 0.05) is 50.7 Å². The number of imidazole rings is 1. The number of rotatable bonds is 4. The van der Waals surface area contributed by atoms with Gasteiger partial charge >= 0.3 is 0 Å². The van der Waals surface area contributed by atoms with Crippen LogP contribution in [0.15, 0.2) is 6.20 Å². The monoisotopic (exact) mass is 388 g/mol. The molecule has 4 heterocycles. The molecule has 0 saturated carbocycles. The molecule has 2 aliphatic heterocycles. The summed E-state index contributed by atoms with van der Waals surface area (Å²) in [6.07, 6.45) is 6.97. The lowest BCUT2D eigenvalue weighted by Gasteiger charge is -2.47. The SMILES string of the molecule is CCCc1nsc(N2CCC3C(CCCN3C(=O)c3cnc(C)n3C)C2)n1. The summed E-state index contributed by atoms with van der Waals surface area (Å²) < 4.78 is 6.40. The highest BCUT2D eigenvalue weighted by Gasteiger charge is 2.39. The zero-order valence-corrected chi connectivity index (χ0v) is 17.2. The number of aryl methyl sites for hydroxylation is 2. The molecule has 2 aromatic heterocycles. The van der Waals surface area contributed by atoms with Crippen LogP contribution in [0, 0.1) is 12.8 Å². The van der Waals surface area contributed by atoms with Gasteiger partial charge in [0.15, 0.2) is 0 Å². The van der Waals surface area contributed by atoms with E-state index in [9.17, 15) is 4.79 Å². The van der Waals surface area contributed by atoms with Gasteiger partial charge in [0.2, 0.25) is 5.13 Å². The molecule has 0 radical (unpaired) electrons. The van der Waals surface area contributed by atoms with Crippen LogP contribution in [0.25, 0.3) is 0 Å². The third-order valence-corrected chi connectivity index (χ3v) is 6.78. The molecule has 2 aliphatic rings. The molecule has 2 unspecified atom stereocenters. The van der Waals surface area contributed by atoms with E-state index < -0.39 is 0 Å². The van der Waals surface area contributed by atoms with Gasteiger partial charge in [0.1, 0.15) is 17.3 Å². The first-order valence-electron chi connectivity index (χ1n) is 9.95. The average Bonchev–Trinajstić information content (AvgIpc) is 3.28. The minimum Gasteiger partial charge on any atom is -0.346 e. The minimum absolute atomic E-state index is 0.127. The predicted molar refractivity (Wildman–Crippen MR) is 106 cm³/mol. The smallest absolute Gasteiger partial charge is 0.272 e. The van der Waals surface area contributed by atoms with Crippen LogP contribution in [0.4, 0.5) is 5.13 Å². The molecule has 2 saturated heterocycles. The predicted octanol–water partition coefficient (Wildman–Crippen LogP) is 2.66. The molecular weight excluding hydrogens is 360 g/mol. The third-order valence-electron chi connectivity index (χ3n) is 5.97. The Morgan fingerprint density at radius 3 is 2.93 bits per heavy atom. The fourth-order valence-electron chi connectivity index (χ4n) is 4.38. The van der Waals surface area contributed by atoms with Crippen molar-refractivity contribution in [2.75, 3.05) is 24.5 Å². The molecule has 2 fully saturated rings. The second-order valence-corrected chi connectivity index (χ2v) is 8.43. The second kappa shape index (κ2) is 7.58. The number of likely N-dealkylation sites (tertiary alicyclic amines) is 1. The molecule has 146 valence electrons. The van der Waals surface area contributed by atoms with Gasteiger partial charge in [0.05, 0.1) is 6.20 Å². The Kier molecular flexibility index (Phi) is 5.16. The number of nitrogens with zero attached hydrogens (tertiary/aromatic N) is 6. The number of amides is 1. The Bertz CT molecular complexity index is 815. The van der Waals surface area contributed by atoms with E-state index in [1.165, 1.54) is 18.0 Å². The summed E-state index contributed by atoms with van der Waals surface area (Å²) in [5.74, 6) is 2.47. The number of hydrogen-bond donors (Lipinski definition) is 0.